The lowest BCUT2D eigenvalue weighted by Gasteiger charge is -2.06. The minimum absolute atomic E-state index is 0.00520. The van der Waals surface area contributed by atoms with Gasteiger partial charge in [0.1, 0.15) is 0 Å². The van der Waals surface area contributed by atoms with E-state index in [2.05, 4.69) is 10.5 Å². The highest BCUT2D eigenvalue weighted by atomic mass is 16.5. The maximum atomic E-state index is 12.2. The Balaban J connectivity index is 1.89. The van der Waals surface area contributed by atoms with E-state index in [1.165, 1.54) is 0 Å². The van der Waals surface area contributed by atoms with E-state index in [1.807, 2.05) is 30.3 Å². The molecule has 110 valence electrons. The van der Waals surface area contributed by atoms with E-state index < -0.39 is 5.91 Å². The molecule has 0 fully saturated rings. The fraction of sp³-hybridized carbons (Fsp3) is 0.0625. The van der Waals surface area contributed by atoms with Crippen molar-refractivity contribution in [3.8, 4) is 0 Å². The molecule has 0 unspecified atom stereocenters. The molecule has 3 aromatic rings. The zero-order valence-electron chi connectivity index (χ0n) is 11.6. The number of benzene rings is 2. The molecule has 0 saturated heterocycles. The minimum atomic E-state index is -0.705. The van der Waals surface area contributed by atoms with Crippen molar-refractivity contribution < 1.29 is 14.1 Å². The summed E-state index contributed by atoms with van der Waals surface area (Å²) < 4.78 is 5.05. The maximum Gasteiger partial charge on any atom is 0.271 e. The van der Waals surface area contributed by atoms with Gasteiger partial charge in [0.05, 0.1) is 17.5 Å². The number of nitrogens with zero attached hydrogens (tertiary/aromatic N) is 1. The molecule has 22 heavy (non-hydrogen) atoms. The van der Waals surface area contributed by atoms with Crippen LogP contribution in [0.5, 0.6) is 0 Å². The standard InChI is InChI=1S/C16H13N3O3/c17-16(21)15-14-11(7-4-8-12(14)22-19-15)18-13(20)9-10-5-2-1-3-6-10/h1-8H,9H2,(H2,17,21)(H,18,20). The van der Waals surface area contributed by atoms with Crippen molar-refractivity contribution in [3.05, 3.63) is 59.8 Å². The number of rotatable bonds is 4. The van der Waals surface area contributed by atoms with Crippen LogP contribution in [0.4, 0.5) is 5.69 Å². The molecular weight excluding hydrogens is 282 g/mol. The second kappa shape index (κ2) is 5.69. The summed E-state index contributed by atoms with van der Waals surface area (Å²) in [5.41, 5.74) is 7.02. The molecular formula is C16H13N3O3. The number of hydrogen-bond acceptors (Lipinski definition) is 4. The highest BCUT2D eigenvalue weighted by Crippen LogP contribution is 2.26. The van der Waals surface area contributed by atoms with Gasteiger partial charge in [-0.05, 0) is 17.7 Å². The predicted molar refractivity (Wildman–Crippen MR) is 81.3 cm³/mol. The Kier molecular flexibility index (Phi) is 3.57. The molecule has 6 nitrogen and oxygen atoms in total. The Bertz CT molecular complexity index is 840. The van der Waals surface area contributed by atoms with Crippen LogP contribution in [0.15, 0.2) is 53.1 Å². The predicted octanol–water partition coefficient (Wildman–Crippen LogP) is 2.11. The number of amides is 2. The third kappa shape index (κ3) is 2.67. The highest BCUT2D eigenvalue weighted by Gasteiger charge is 2.17. The third-order valence-electron chi connectivity index (χ3n) is 3.21. The molecule has 0 bridgehead atoms. The lowest BCUT2D eigenvalue weighted by molar-refractivity contribution is -0.115. The number of primary amides is 1. The lowest BCUT2D eigenvalue weighted by Crippen LogP contribution is -2.16. The normalized spacial score (nSPS) is 10.5. The molecule has 0 radical (unpaired) electrons. The first kappa shape index (κ1) is 13.8. The number of nitrogens with one attached hydrogen (secondary N) is 1. The Morgan fingerprint density at radius 2 is 1.86 bits per heavy atom. The Labute approximate surface area is 125 Å². The molecule has 3 rings (SSSR count). The SMILES string of the molecule is NC(=O)c1noc2cccc(NC(=O)Cc3ccccc3)c12. The average molecular weight is 295 g/mol. The summed E-state index contributed by atoms with van der Waals surface area (Å²) >= 11 is 0. The molecule has 0 aliphatic carbocycles. The molecule has 0 aliphatic heterocycles. The van der Waals surface area contributed by atoms with Crippen molar-refractivity contribution in [2.24, 2.45) is 5.73 Å². The van der Waals surface area contributed by atoms with E-state index in [0.29, 0.717) is 16.7 Å². The fourth-order valence-electron chi connectivity index (χ4n) is 2.24. The molecule has 0 saturated carbocycles. The van der Waals surface area contributed by atoms with Gasteiger partial charge in [0.25, 0.3) is 5.91 Å². The molecule has 2 aromatic carbocycles. The van der Waals surface area contributed by atoms with Crippen LogP contribution in [0.25, 0.3) is 11.0 Å². The van der Waals surface area contributed by atoms with Crippen LogP contribution in [-0.4, -0.2) is 17.0 Å². The number of anilines is 1. The second-order valence-electron chi connectivity index (χ2n) is 4.78. The number of hydrogen-bond donors (Lipinski definition) is 2. The topological polar surface area (TPSA) is 98.2 Å². The summed E-state index contributed by atoms with van der Waals surface area (Å²) in [5, 5.41) is 6.83. The first-order valence-corrected chi connectivity index (χ1v) is 6.67. The van der Waals surface area contributed by atoms with Crippen LogP contribution in [-0.2, 0) is 11.2 Å². The smallest absolute Gasteiger partial charge is 0.271 e. The van der Waals surface area contributed by atoms with Gasteiger partial charge in [-0.15, -0.1) is 0 Å². The molecule has 1 heterocycles. The van der Waals surface area contributed by atoms with Crippen LogP contribution >= 0.6 is 0 Å². The van der Waals surface area contributed by atoms with Crippen LogP contribution < -0.4 is 11.1 Å². The third-order valence-corrected chi connectivity index (χ3v) is 3.21. The number of nitrogens with two attached hydrogens (primary N) is 1. The van der Waals surface area contributed by atoms with Gasteiger partial charge in [0.2, 0.25) is 5.91 Å². The van der Waals surface area contributed by atoms with E-state index in [1.54, 1.807) is 18.2 Å². The van der Waals surface area contributed by atoms with Gasteiger partial charge < -0.3 is 15.6 Å². The van der Waals surface area contributed by atoms with Crippen molar-refractivity contribution in [3.63, 3.8) is 0 Å². The van der Waals surface area contributed by atoms with Gasteiger partial charge in [-0.25, -0.2) is 0 Å². The number of carbonyl (C=O) groups excluding carboxylic acids is 2. The van der Waals surface area contributed by atoms with Crippen LogP contribution in [0.1, 0.15) is 16.1 Å². The van der Waals surface area contributed by atoms with Crippen LogP contribution in [0, 0.1) is 0 Å². The van der Waals surface area contributed by atoms with E-state index >= 15 is 0 Å². The molecule has 0 spiro atoms. The number of fused-ring (bicyclic) bond motifs is 1. The second-order valence-corrected chi connectivity index (χ2v) is 4.78. The quantitative estimate of drug-likeness (QED) is 0.770. The summed E-state index contributed by atoms with van der Waals surface area (Å²) in [6.07, 6.45) is 0.231. The van der Waals surface area contributed by atoms with Crippen molar-refractivity contribution in [1.29, 1.82) is 0 Å². The summed E-state index contributed by atoms with van der Waals surface area (Å²) in [6, 6.07) is 14.4. The van der Waals surface area contributed by atoms with Gasteiger partial charge in [-0.1, -0.05) is 41.6 Å². The first-order valence-electron chi connectivity index (χ1n) is 6.67. The zero-order chi connectivity index (χ0) is 15.5. The molecule has 6 heteroatoms. The highest BCUT2D eigenvalue weighted by molar-refractivity contribution is 6.10. The monoisotopic (exact) mass is 295 g/mol. The van der Waals surface area contributed by atoms with E-state index in [0.717, 1.165) is 5.56 Å². The molecule has 0 atom stereocenters. The van der Waals surface area contributed by atoms with E-state index in [4.69, 9.17) is 10.3 Å². The summed E-state index contributed by atoms with van der Waals surface area (Å²) in [6.45, 7) is 0. The fourth-order valence-corrected chi connectivity index (χ4v) is 2.24. The largest absolute Gasteiger partial charge is 0.364 e. The molecule has 1 aromatic heterocycles. The first-order chi connectivity index (χ1) is 10.6. The molecule has 2 amide bonds. The van der Waals surface area contributed by atoms with Crippen molar-refractivity contribution in [1.82, 2.24) is 5.16 Å². The Morgan fingerprint density at radius 3 is 2.59 bits per heavy atom. The number of carbonyl (C=O) groups is 2. The molecule has 3 N–H and O–H groups in total. The van der Waals surface area contributed by atoms with Crippen LogP contribution in [0.3, 0.4) is 0 Å². The van der Waals surface area contributed by atoms with Crippen molar-refractivity contribution in [2.45, 2.75) is 6.42 Å². The van der Waals surface area contributed by atoms with Crippen LogP contribution in [0.2, 0.25) is 0 Å². The Morgan fingerprint density at radius 1 is 1.09 bits per heavy atom. The van der Waals surface area contributed by atoms with Gasteiger partial charge >= 0.3 is 0 Å². The van der Waals surface area contributed by atoms with Gasteiger partial charge in [-0.3, -0.25) is 9.59 Å². The van der Waals surface area contributed by atoms with Crippen molar-refractivity contribution in [2.75, 3.05) is 5.32 Å². The van der Waals surface area contributed by atoms with E-state index in [-0.39, 0.29) is 18.0 Å². The summed E-state index contributed by atoms with van der Waals surface area (Å²) in [7, 11) is 0. The summed E-state index contributed by atoms with van der Waals surface area (Å²) in [4.78, 5) is 23.5. The van der Waals surface area contributed by atoms with Crippen molar-refractivity contribution >= 4 is 28.5 Å². The summed E-state index contributed by atoms with van der Waals surface area (Å²) in [5.74, 6) is -0.904. The molecule has 0 aliphatic rings. The average Bonchev–Trinajstić information content (AvgIpc) is 2.93. The van der Waals surface area contributed by atoms with E-state index in [9.17, 15) is 9.59 Å². The Hall–Kier alpha value is -3.15. The lowest BCUT2D eigenvalue weighted by atomic mass is 10.1. The maximum absolute atomic E-state index is 12.2. The number of aromatic nitrogens is 1. The zero-order valence-corrected chi connectivity index (χ0v) is 11.6. The van der Waals surface area contributed by atoms with Gasteiger partial charge in [0, 0.05) is 0 Å². The van der Waals surface area contributed by atoms with Gasteiger partial charge in [0.15, 0.2) is 11.3 Å². The van der Waals surface area contributed by atoms with Gasteiger partial charge in [-0.2, -0.15) is 0 Å². The minimum Gasteiger partial charge on any atom is -0.364 e.